The number of nitrogens with one attached hydrogen (secondary N) is 1. The SMILES string of the molecule is O=C(O)CCC1CCCN1C(=O)[C@H](CC(=O)OCc1ccccc1)NC(=O)OCC1c2ccccc2-c2ccccc21. The molecule has 1 aliphatic carbocycles. The topological polar surface area (TPSA) is 122 Å². The highest BCUT2D eigenvalue weighted by Gasteiger charge is 2.36. The molecule has 1 unspecified atom stereocenters. The van der Waals surface area contributed by atoms with Crippen molar-refractivity contribution in [3.63, 3.8) is 0 Å². The fraction of sp³-hybridized carbons (Fsp3) is 0.333. The molecular formula is C33H34N2O7. The van der Waals surface area contributed by atoms with Gasteiger partial charge in [-0.3, -0.25) is 14.4 Å². The van der Waals surface area contributed by atoms with Crippen LogP contribution in [0, 0.1) is 0 Å². The molecule has 9 nitrogen and oxygen atoms in total. The summed E-state index contributed by atoms with van der Waals surface area (Å²) in [7, 11) is 0. The van der Waals surface area contributed by atoms with Crippen LogP contribution in [0.15, 0.2) is 78.9 Å². The van der Waals surface area contributed by atoms with Gasteiger partial charge in [-0.1, -0.05) is 78.9 Å². The molecule has 3 aromatic carbocycles. The normalized spacial score (nSPS) is 16.3. The highest BCUT2D eigenvalue weighted by molar-refractivity contribution is 5.90. The second-order valence-corrected chi connectivity index (χ2v) is 10.6. The summed E-state index contributed by atoms with van der Waals surface area (Å²) in [5.74, 6) is -2.19. The first-order valence-corrected chi connectivity index (χ1v) is 14.2. The molecule has 2 aliphatic rings. The van der Waals surface area contributed by atoms with E-state index in [1.807, 2.05) is 78.9 Å². The zero-order valence-corrected chi connectivity index (χ0v) is 23.2. The van der Waals surface area contributed by atoms with Crippen LogP contribution in [0.25, 0.3) is 11.1 Å². The van der Waals surface area contributed by atoms with Gasteiger partial charge in [0, 0.05) is 24.9 Å². The van der Waals surface area contributed by atoms with Crippen LogP contribution in [0.2, 0.25) is 0 Å². The number of amides is 2. The number of alkyl carbamates (subject to hydrolysis) is 1. The van der Waals surface area contributed by atoms with E-state index in [1.54, 1.807) is 4.90 Å². The molecule has 42 heavy (non-hydrogen) atoms. The summed E-state index contributed by atoms with van der Waals surface area (Å²) in [5.41, 5.74) is 5.10. The Morgan fingerprint density at radius 3 is 2.19 bits per heavy atom. The van der Waals surface area contributed by atoms with Crippen molar-refractivity contribution in [1.82, 2.24) is 10.2 Å². The van der Waals surface area contributed by atoms with Crippen LogP contribution in [-0.4, -0.2) is 59.2 Å². The Balaban J connectivity index is 1.26. The molecule has 2 amide bonds. The number of carboxylic acid groups (broad SMARTS) is 1. The van der Waals surface area contributed by atoms with Crippen LogP contribution in [0.5, 0.6) is 0 Å². The number of hydrogen-bond donors (Lipinski definition) is 2. The lowest BCUT2D eigenvalue weighted by Crippen LogP contribution is -2.51. The lowest BCUT2D eigenvalue weighted by atomic mass is 9.98. The number of carboxylic acids is 1. The Labute approximate surface area is 244 Å². The van der Waals surface area contributed by atoms with Gasteiger partial charge in [0.1, 0.15) is 19.3 Å². The summed E-state index contributed by atoms with van der Waals surface area (Å²) in [6.45, 7) is 0.520. The summed E-state index contributed by atoms with van der Waals surface area (Å²) in [6, 6.07) is 23.6. The summed E-state index contributed by atoms with van der Waals surface area (Å²) >= 11 is 0. The van der Waals surface area contributed by atoms with E-state index in [0.29, 0.717) is 25.8 Å². The van der Waals surface area contributed by atoms with Gasteiger partial charge in [-0.25, -0.2) is 4.79 Å². The fourth-order valence-corrected chi connectivity index (χ4v) is 5.86. The van der Waals surface area contributed by atoms with Crippen molar-refractivity contribution < 1.29 is 33.8 Å². The Morgan fingerprint density at radius 1 is 0.881 bits per heavy atom. The van der Waals surface area contributed by atoms with E-state index in [2.05, 4.69) is 5.32 Å². The van der Waals surface area contributed by atoms with Gasteiger partial charge in [0.2, 0.25) is 5.91 Å². The first-order chi connectivity index (χ1) is 20.4. The molecule has 3 aromatic rings. The second-order valence-electron chi connectivity index (χ2n) is 10.6. The minimum atomic E-state index is -1.21. The molecular weight excluding hydrogens is 536 g/mol. The predicted molar refractivity (Wildman–Crippen MR) is 154 cm³/mol. The molecule has 0 radical (unpaired) electrons. The molecule has 1 saturated heterocycles. The van der Waals surface area contributed by atoms with Gasteiger partial charge in [0.25, 0.3) is 0 Å². The van der Waals surface area contributed by atoms with Crippen molar-refractivity contribution in [2.24, 2.45) is 0 Å². The molecule has 2 N–H and O–H groups in total. The number of esters is 1. The number of carbonyl (C=O) groups excluding carboxylic acids is 3. The highest BCUT2D eigenvalue weighted by atomic mass is 16.5. The molecule has 0 bridgehead atoms. The van der Waals surface area contributed by atoms with E-state index in [1.165, 1.54) is 0 Å². The minimum Gasteiger partial charge on any atom is -0.481 e. The van der Waals surface area contributed by atoms with Crippen LogP contribution >= 0.6 is 0 Å². The monoisotopic (exact) mass is 570 g/mol. The standard InChI is InChI=1S/C33H34N2O7/c36-30(37)17-16-23-11-8-18-35(23)32(39)29(19-31(38)41-20-22-9-2-1-3-10-22)34-33(40)42-21-28-26-14-6-4-12-24(26)25-13-5-7-15-27(25)28/h1-7,9-10,12-15,23,28-29H,8,11,16-21H2,(H,34,40)(H,36,37)/t23?,29-/m0/s1. The Bertz CT molecular complexity index is 1400. The van der Waals surface area contributed by atoms with E-state index in [4.69, 9.17) is 14.6 Å². The Hall–Kier alpha value is -4.66. The largest absolute Gasteiger partial charge is 0.481 e. The Kier molecular flexibility index (Phi) is 9.16. The lowest BCUT2D eigenvalue weighted by molar-refractivity contribution is -0.148. The van der Waals surface area contributed by atoms with Crippen LogP contribution < -0.4 is 5.32 Å². The summed E-state index contributed by atoms with van der Waals surface area (Å²) in [4.78, 5) is 52.2. The molecule has 5 rings (SSSR count). The summed E-state index contributed by atoms with van der Waals surface area (Å²) in [5, 5.41) is 11.7. The quantitative estimate of drug-likeness (QED) is 0.315. The predicted octanol–water partition coefficient (Wildman–Crippen LogP) is 4.88. The molecule has 9 heteroatoms. The van der Waals surface area contributed by atoms with E-state index in [0.717, 1.165) is 27.8 Å². The maximum atomic E-state index is 13.6. The third kappa shape index (κ3) is 6.79. The molecule has 0 saturated carbocycles. The number of aliphatic carboxylic acids is 1. The highest BCUT2D eigenvalue weighted by Crippen LogP contribution is 2.44. The summed E-state index contributed by atoms with van der Waals surface area (Å²) < 4.78 is 11.0. The van der Waals surface area contributed by atoms with Gasteiger partial charge in [-0.15, -0.1) is 0 Å². The average molecular weight is 571 g/mol. The third-order valence-electron chi connectivity index (χ3n) is 7.90. The molecule has 218 valence electrons. The lowest BCUT2D eigenvalue weighted by Gasteiger charge is -2.29. The Morgan fingerprint density at radius 2 is 1.52 bits per heavy atom. The number of likely N-dealkylation sites (tertiary alicyclic amines) is 1. The average Bonchev–Trinajstić information content (AvgIpc) is 3.60. The van der Waals surface area contributed by atoms with Gasteiger partial charge in [-0.05, 0) is 47.1 Å². The molecule has 1 heterocycles. The minimum absolute atomic E-state index is 0.0382. The fourth-order valence-electron chi connectivity index (χ4n) is 5.86. The van der Waals surface area contributed by atoms with E-state index in [-0.39, 0.29) is 38.0 Å². The number of hydrogen-bond acceptors (Lipinski definition) is 6. The van der Waals surface area contributed by atoms with Crippen molar-refractivity contribution in [2.75, 3.05) is 13.2 Å². The second kappa shape index (κ2) is 13.3. The van der Waals surface area contributed by atoms with Crippen molar-refractivity contribution in [2.45, 2.75) is 56.7 Å². The summed E-state index contributed by atoms with van der Waals surface area (Å²) in [6.07, 6.45) is 0.418. The van der Waals surface area contributed by atoms with Crippen molar-refractivity contribution in [1.29, 1.82) is 0 Å². The van der Waals surface area contributed by atoms with Crippen molar-refractivity contribution >= 4 is 23.9 Å². The van der Waals surface area contributed by atoms with Gasteiger partial charge >= 0.3 is 18.0 Å². The molecule has 1 aliphatic heterocycles. The number of nitrogens with zero attached hydrogens (tertiary/aromatic N) is 1. The van der Waals surface area contributed by atoms with Crippen LogP contribution in [0.1, 0.15) is 54.7 Å². The maximum Gasteiger partial charge on any atom is 0.407 e. The smallest absolute Gasteiger partial charge is 0.407 e. The first-order valence-electron chi connectivity index (χ1n) is 14.2. The van der Waals surface area contributed by atoms with Crippen molar-refractivity contribution in [3.05, 3.63) is 95.6 Å². The molecule has 0 spiro atoms. The van der Waals surface area contributed by atoms with E-state index >= 15 is 0 Å². The van der Waals surface area contributed by atoms with E-state index in [9.17, 15) is 19.2 Å². The molecule has 1 fully saturated rings. The number of ether oxygens (including phenoxy) is 2. The third-order valence-corrected chi connectivity index (χ3v) is 7.90. The van der Waals surface area contributed by atoms with Crippen molar-refractivity contribution in [3.8, 4) is 11.1 Å². The first kappa shape index (κ1) is 28.9. The molecule has 2 atom stereocenters. The van der Waals surface area contributed by atoms with E-state index < -0.39 is 30.0 Å². The van der Waals surface area contributed by atoms with Crippen LogP contribution in [0.4, 0.5) is 4.79 Å². The number of rotatable bonds is 11. The number of carbonyl (C=O) groups is 4. The van der Waals surface area contributed by atoms with Gasteiger partial charge in [0.05, 0.1) is 6.42 Å². The van der Waals surface area contributed by atoms with Crippen LogP contribution in [-0.2, 0) is 30.5 Å². The number of fused-ring (bicyclic) bond motifs is 3. The zero-order valence-electron chi connectivity index (χ0n) is 23.2. The van der Waals surface area contributed by atoms with Gasteiger partial charge in [0.15, 0.2) is 0 Å². The number of benzene rings is 3. The van der Waals surface area contributed by atoms with Crippen LogP contribution in [0.3, 0.4) is 0 Å². The van der Waals surface area contributed by atoms with Gasteiger partial charge in [-0.2, -0.15) is 0 Å². The van der Waals surface area contributed by atoms with Gasteiger partial charge < -0.3 is 24.8 Å². The molecule has 0 aromatic heterocycles. The zero-order chi connectivity index (χ0) is 29.5. The maximum absolute atomic E-state index is 13.6.